The van der Waals surface area contributed by atoms with Crippen LogP contribution in [0, 0.1) is 0 Å². The largest absolute Gasteiger partial charge is 0.311 e. The Balaban J connectivity index is 1.16. The molecule has 8 rings (SSSR count). The minimum Gasteiger partial charge on any atom is -0.311 e. The molecule has 0 bridgehead atoms. The maximum Gasteiger partial charge on any atom is 0.113 e. The summed E-state index contributed by atoms with van der Waals surface area (Å²) in [5.74, 6) is 0. The van der Waals surface area contributed by atoms with Crippen molar-refractivity contribution in [1.82, 2.24) is 0 Å². The zero-order valence-electron chi connectivity index (χ0n) is 26.2. The molecule has 1 nitrogen and oxygen atoms in total. The van der Waals surface area contributed by atoms with Crippen LogP contribution in [0.5, 0.6) is 0 Å². The van der Waals surface area contributed by atoms with E-state index in [0.29, 0.717) is 0 Å². The van der Waals surface area contributed by atoms with Gasteiger partial charge in [-0.3, -0.25) is 0 Å². The van der Waals surface area contributed by atoms with E-state index in [2.05, 4.69) is 194 Å². The molecule has 0 N–H and O–H groups in total. The fourth-order valence-corrected chi connectivity index (χ4v) is 10.1. The minimum atomic E-state index is -1.66. The van der Waals surface area contributed by atoms with Gasteiger partial charge in [0.05, 0.1) is 0 Å². The van der Waals surface area contributed by atoms with Crippen molar-refractivity contribution in [2.75, 3.05) is 4.90 Å². The maximum absolute atomic E-state index is 2.47. The van der Waals surface area contributed by atoms with Gasteiger partial charge >= 0.3 is 0 Å². The third kappa shape index (κ3) is 4.97. The summed E-state index contributed by atoms with van der Waals surface area (Å²) in [6.45, 7) is 4.94. The average Bonchev–Trinajstić information content (AvgIpc) is 3.36. The predicted octanol–water partition coefficient (Wildman–Crippen LogP) is 11.0. The monoisotopic (exact) mass is 605 g/mol. The van der Waals surface area contributed by atoms with Crippen molar-refractivity contribution in [3.05, 3.63) is 176 Å². The highest BCUT2D eigenvalue weighted by Gasteiger charge is 2.37. The van der Waals surface area contributed by atoms with Gasteiger partial charge in [-0.25, -0.2) is 0 Å². The van der Waals surface area contributed by atoms with Crippen LogP contribution in [-0.2, 0) is 0 Å². The molecule has 0 aromatic heterocycles. The highest BCUT2D eigenvalue weighted by molar-refractivity contribution is 7.03. The fraction of sp³-hybridized carbons (Fsp3) is 0.0455. The SMILES string of the molecule is C[Si]1(C)c2ccccc2-c2cc(-c3ccc(N(c4ccc(-c5ccccc5)cc4)c4ccc(-c5ccccc5)cc4)cc3)ccc21. The van der Waals surface area contributed by atoms with Gasteiger partial charge in [0.2, 0.25) is 0 Å². The summed E-state index contributed by atoms with van der Waals surface area (Å²) in [6, 6.07) is 64.1. The molecule has 0 unspecified atom stereocenters. The summed E-state index contributed by atoms with van der Waals surface area (Å²) in [5.41, 5.74) is 13.6. The summed E-state index contributed by atoms with van der Waals surface area (Å²) in [6.07, 6.45) is 0. The number of nitrogens with zero attached hydrogens (tertiary/aromatic N) is 1. The minimum absolute atomic E-state index is 1.13. The van der Waals surface area contributed by atoms with Crippen LogP contribution in [0.4, 0.5) is 17.1 Å². The lowest BCUT2D eigenvalue weighted by atomic mass is 9.98. The molecule has 0 saturated carbocycles. The van der Waals surface area contributed by atoms with Crippen LogP contribution in [0.3, 0.4) is 0 Å². The van der Waals surface area contributed by atoms with Crippen LogP contribution in [0.25, 0.3) is 44.5 Å². The van der Waals surface area contributed by atoms with Gasteiger partial charge in [-0.05, 0) is 97.3 Å². The van der Waals surface area contributed by atoms with E-state index in [1.165, 1.54) is 49.7 Å². The van der Waals surface area contributed by atoms with E-state index in [1.807, 2.05) is 0 Å². The number of fused-ring (bicyclic) bond motifs is 3. The van der Waals surface area contributed by atoms with Crippen molar-refractivity contribution in [2.24, 2.45) is 0 Å². The molecule has 1 heterocycles. The first-order valence-corrected chi connectivity index (χ1v) is 19.0. The van der Waals surface area contributed by atoms with Crippen molar-refractivity contribution in [3.8, 4) is 44.5 Å². The lowest BCUT2D eigenvalue weighted by Crippen LogP contribution is -2.49. The highest BCUT2D eigenvalue weighted by Crippen LogP contribution is 2.38. The molecule has 1 aliphatic heterocycles. The zero-order chi connectivity index (χ0) is 31.1. The first-order chi connectivity index (χ1) is 22.6. The van der Waals surface area contributed by atoms with Gasteiger partial charge in [0.25, 0.3) is 0 Å². The van der Waals surface area contributed by atoms with E-state index in [-0.39, 0.29) is 0 Å². The fourth-order valence-electron chi connectivity index (χ4n) is 7.02. The van der Waals surface area contributed by atoms with Gasteiger partial charge < -0.3 is 4.90 Å². The molecule has 0 radical (unpaired) electrons. The molecule has 0 amide bonds. The van der Waals surface area contributed by atoms with Crippen LogP contribution >= 0.6 is 0 Å². The van der Waals surface area contributed by atoms with E-state index in [4.69, 9.17) is 0 Å². The predicted molar refractivity (Wildman–Crippen MR) is 200 cm³/mol. The molecule has 7 aromatic rings. The molecule has 7 aromatic carbocycles. The zero-order valence-corrected chi connectivity index (χ0v) is 27.2. The molecular formula is C44H35NSi. The molecular weight excluding hydrogens is 571 g/mol. The van der Waals surface area contributed by atoms with Gasteiger partial charge in [0, 0.05) is 17.1 Å². The summed E-state index contributed by atoms with van der Waals surface area (Å²) in [5, 5.41) is 3.09. The van der Waals surface area contributed by atoms with Gasteiger partial charge in [-0.15, -0.1) is 0 Å². The van der Waals surface area contributed by atoms with Crippen LogP contribution in [-0.4, -0.2) is 8.07 Å². The number of benzene rings is 7. The Bertz CT molecular complexity index is 2050. The number of anilines is 3. The van der Waals surface area contributed by atoms with Crippen molar-refractivity contribution in [2.45, 2.75) is 13.1 Å². The summed E-state index contributed by atoms with van der Waals surface area (Å²) in [4.78, 5) is 2.35. The van der Waals surface area contributed by atoms with E-state index < -0.39 is 8.07 Å². The lowest BCUT2D eigenvalue weighted by molar-refractivity contribution is 1.28. The standard InChI is InChI=1S/C44H35NSi/c1-46(2)43-16-10-9-15-41(43)42-31-37(23-30-44(42)46)36-21-28-40(29-22-36)45(38-24-17-34(18-25-38)32-11-5-3-6-12-32)39-26-19-35(20-27-39)33-13-7-4-8-14-33/h3-31H,1-2H3. The molecule has 2 heteroatoms. The highest BCUT2D eigenvalue weighted by atomic mass is 28.3. The molecule has 0 fully saturated rings. The smallest absolute Gasteiger partial charge is 0.113 e. The quantitative estimate of drug-likeness (QED) is 0.170. The molecule has 46 heavy (non-hydrogen) atoms. The van der Waals surface area contributed by atoms with E-state index in [9.17, 15) is 0 Å². The molecule has 0 atom stereocenters. The molecule has 0 spiro atoms. The summed E-state index contributed by atoms with van der Waals surface area (Å²) >= 11 is 0. The summed E-state index contributed by atoms with van der Waals surface area (Å²) < 4.78 is 0. The van der Waals surface area contributed by atoms with E-state index >= 15 is 0 Å². The third-order valence-electron chi connectivity index (χ3n) is 9.51. The molecule has 0 saturated heterocycles. The van der Waals surface area contributed by atoms with Crippen LogP contribution in [0.2, 0.25) is 13.1 Å². The Morgan fingerprint density at radius 2 is 0.696 bits per heavy atom. The number of hydrogen-bond acceptors (Lipinski definition) is 1. The third-order valence-corrected chi connectivity index (χ3v) is 13.1. The Kier molecular flexibility index (Phi) is 7.01. The number of hydrogen-bond donors (Lipinski definition) is 0. The van der Waals surface area contributed by atoms with Crippen molar-refractivity contribution in [3.63, 3.8) is 0 Å². The van der Waals surface area contributed by atoms with Gasteiger partial charge in [0.1, 0.15) is 8.07 Å². The van der Waals surface area contributed by atoms with E-state index in [1.54, 1.807) is 5.19 Å². The van der Waals surface area contributed by atoms with Crippen molar-refractivity contribution in [1.29, 1.82) is 0 Å². The Morgan fingerprint density at radius 1 is 0.326 bits per heavy atom. The number of rotatable bonds is 6. The van der Waals surface area contributed by atoms with Crippen molar-refractivity contribution < 1.29 is 0 Å². The normalized spacial score (nSPS) is 12.7. The van der Waals surface area contributed by atoms with E-state index in [0.717, 1.165) is 17.1 Å². The maximum atomic E-state index is 2.47. The van der Waals surface area contributed by atoms with Gasteiger partial charge in [-0.2, -0.15) is 0 Å². The second kappa shape index (κ2) is 11.5. The Morgan fingerprint density at radius 3 is 1.20 bits per heavy atom. The second-order valence-electron chi connectivity index (χ2n) is 12.6. The Hall–Kier alpha value is -5.44. The average molecular weight is 606 g/mol. The van der Waals surface area contributed by atoms with Gasteiger partial charge in [0.15, 0.2) is 0 Å². The molecule has 220 valence electrons. The molecule has 0 aliphatic carbocycles. The second-order valence-corrected chi connectivity index (χ2v) is 17.0. The molecule has 1 aliphatic rings. The first kappa shape index (κ1) is 28.1. The summed E-state index contributed by atoms with van der Waals surface area (Å²) in [7, 11) is -1.66. The Labute approximate surface area is 273 Å². The van der Waals surface area contributed by atoms with Crippen LogP contribution in [0.1, 0.15) is 0 Å². The first-order valence-electron chi connectivity index (χ1n) is 16.0. The lowest BCUT2D eigenvalue weighted by Gasteiger charge is -2.26. The topological polar surface area (TPSA) is 3.24 Å². The van der Waals surface area contributed by atoms with Crippen molar-refractivity contribution >= 4 is 35.5 Å². The van der Waals surface area contributed by atoms with Crippen LogP contribution in [0.15, 0.2) is 176 Å². The van der Waals surface area contributed by atoms with Gasteiger partial charge in [-0.1, -0.05) is 147 Å². The van der Waals surface area contributed by atoms with Crippen LogP contribution < -0.4 is 15.3 Å².